The molecule has 20 heavy (non-hydrogen) atoms. The van der Waals surface area contributed by atoms with E-state index in [1.807, 2.05) is 12.1 Å². The minimum absolute atomic E-state index is 0.569. The van der Waals surface area contributed by atoms with Crippen molar-refractivity contribution in [2.45, 2.75) is 0 Å². The molecule has 2 amide bonds. The summed E-state index contributed by atoms with van der Waals surface area (Å²) in [6.45, 7) is 5.89. The second kappa shape index (κ2) is 7.66. The molecule has 7 heteroatoms. The van der Waals surface area contributed by atoms with Gasteiger partial charge in [0.25, 0.3) is 0 Å². The first-order valence-corrected chi connectivity index (χ1v) is 6.60. The second-order valence-electron chi connectivity index (χ2n) is 4.44. The number of hydrogen-bond donors (Lipinski definition) is 3. The quantitative estimate of drug-likeness (QED) is 0.561. The summed E-state index contributed by atoms with van der Waals surface area (Å²) in [4.78, 5) is 13.0. The lowest BCUT2D eigenvalue weighted by atomic mass is 10.2. The lowest BCUT2D eigenvalue weighted by Gasteiger charge is -2.29. The molecule has 3 rings (SSSR count). The molecule has 2 saturated heterocycles. The number of nitrogens with one attached hydrogen (secondary N) is 3. The SMILES string of the molecule is C1CO1.O=C(NF)Nc1ccc(N2CCNCC2)cc1. The molecule has 0 radical (unpaired) electrons. The average Bonchev–Trinajstić information content (AvgIpc) is 3.37. The van der Waals surface area contributed by atoms with Gasteiger partial charge in [0.1, 0.15) is 0 Å². The molecule has 0 aliphatic carbocycles. The highest BCUT2D eigenvalue weighted by Gasteiger charge is 2.10. The molecule has 2 fully saturated rings. The number of amides is 2. The molecule has 2 aliphatic rings. The van der Waals surface area contributed by atoms with Gasteiger partial charge in [0, 0.05) is 37.6 Å². The Hall–Kier alpha value is -1.86. The smallest absolute Gasteiger partial charge is 0.347 e. The third-order valence-electron chi connectivity index (χ3n) is 2.90. The monoisotopic (exact) mass is 282 g/mol. The Morgan fingerprint density at radius 3 is 2.30 bits per heavy atom. The van der Waals surface area contributed by atoms with Crippen LogP contribution in [0.5, 0.6) is 0 Å². The number of urea groups is 1. The summed E-state index contributed by atoms with van der Waals surface area (Å²) >= 11 is 0. The van der Waals surface area contributed by atoms with Crippen molar-refractivity contribution in [3.8, 4) is 0 Å². The Morgan fingerprint density at radius 1 is 1.20 bits per heavy atom. The van der Waals surface area contributed by atoms with E-state index in [0.717, 1.165) is 50.6 Å². The molecule has 6 nitrogen and oxygen atoms in total. The van der Waals surface area contributed by atoms with Gasteiger partial charge in [0.05, 0.1) is 13.2 Å². The van der Waals surface area contributed by atoms with Crippen LogP contribution in [-0.4, -0.2) is 45.4 Å². The average molecular weight is 282 g/mol. The minimum Gasteiger partial charge on any atom is -0.377 e. The zero-order valence-corrected chi connectivity index (χ0v) is 11.2. The summed E-state index contributed by atoms with van der Waals surface area (Å²) in [6, 6.07) is 6.48. The van der Waals surface area contributed by atoms with Crippen LogP contribution in [0.1, 0.15) is 0 Å². The molecule has 3 N–H and O–H groups in total. The zero-order chi connectivity index (χ0) is 14.2. The van der Waals surface area contributed by atoms with Gasteiger partial charge < -0.3 is 20.3 Å². The molecule has 1 aromatic carbocycles. The van der Waals surface area contributed by atoms with E-state index in [9.17, 15) is 9.28 Å². The third kappa shape index (κ3) is 5.02. The molecule has 0 aromatic heterocycles. The fourth-order valence-electron chi connectivity index (χ4n) is 1.83. The summed E-state index contributed by atoms with van der Waals surface area (Å²) in [6.07, 6.45) is 0. The number of piperazine rings is 1. The first kappa shape index (κ1) is 14.5. The van der Waals surface area contributed by atoms with E-state index in [0.29, 0.717) is 5.69 Å². The van der Waals surface area contributed by atoms with Gasteiger partial charge >= 0.3 is 6.03 Å². The van der Waals surface area contributed by atoms with Crippen molar-refractivity contribution in [2.75, 3.05) is 49.6 Å². The number of ether oxygens (including phenoxy) is 1. The Morgan fingerprint density at radius 2 is 1.80 bits per heavy atom. The Balaban J connectivity index is 0.000000432. The lowest BCUT2D eigenvalue weighted by Crippen LogP contribution is -2.43. The van der Waals surface area contributed by atoms with Crippen molar-refractivity contribution >= 4 is 17.4 Å². The van der Waals surface area contributed by atoms with E-state index in [2.05, 4.69) is 20.3 Å². The van der Waals surface area contributed by atoms with Gasteiger partial charge in [-0.15, -0.1) is 0 Å². The molecular weight excluding hydrogens is 263 g/mol. The summed E-state index contributed by atoms with van der Waals surface area (Å²) in [5.41, 5.74) is 2.70. The first-order chi connectivity index (χ1) is 9.79. The number of nitrogens with zero attached hydrogens (tertiary/aromatic N) is 1. The Labute approximate surface area is 117 Å². The van der Waals surface area contributed by atoms with E-state index in [-0.39, 0.29) is 0 Å². The maximum Gasteiger partial charge on any atom is 0.347 e. The maximum absolute atomic E-state index is 11.8. The van der Waals surface area contributed by atoms with Crippen molar-refractivity contribution in [3.63, 3.8) is 0 Å². The van der Waals surface area contributed by atoms with Crippen molar-refractivity contribution < 1.29 is 14.0 Å². The van der Waals surface area contributed by atoms with Crippen LogP contribution in [0.2, 0.25) is 0 Å². The largest absolute Gasteiger partial charge is 0.377 e. The van der Waals surface area contributed by atoms with Crippen LogP contribution < -0.4 is 21.1 Å². The summed E-state index contributed by atoms with van der Waals surface area (Å²) in [5, 5.41) is 5.65. The number of epoxide rings is 1. The molecule has 1 aromatic rings. The van der Waals surface area contributed by atoms with Gasteiger partial charge in [0.2, 0.25) is 0 Å². The van der Waals surface area contributed by atoms with E-state index in [1.54, 1.807) is 12.1 Å². The number of hydrogen-bond acceptors (Lipinski definition) is 4. The van der Waals surface area contributed by atoms with Gasteiger partial charge in [0.15, 0.2) is 0 Å². The number of rotatable bonds is 2. The van der Waals surface area contributed by atoms with Crippen molar-refractivity contribution in [1.82, 2.24) is 10.9 Å². The van der Waals surface area contributed by atoms with Gasteiger partial charge in [-0.2, -0.15) is 5.54 Å². The van der Waals surface area contributed by atoms with E-state index >= 15 is 0 Å². The molecule has 0 saturated carbocycles. The van der Waals surface area contributed by atoms with Crippen molar-refractivity contribution in [3.05, 3.63) is 24.3 Å². The predicted molar refractivity (Wildman–Crippen MR) is 75.6 cm³/mol. The zero-order valence-electron chi connectivity index (χ0n) is 11.2. The standard InChI is InChI=1S/C11H15FN4O.C2H4O/c12-15-11(17)14-9-1-3-10(4-2-9)16-7-5-13-6-8-16;1-2-3-1/h1-4,13H,5-8H2,(H2,14,15,17);1-2H2. The highest BCUT2D eigenvalue weighted by atomic mass is 19.2. The van der Waals surface area contributed by atoms with E-state index < -0.39 is 6.03 Å². The van der Waals surface area contributed by atoms with E-state index in [4.69, 9.17) is 0 Å². The van der Waals surface area contributed by atoms with Gasteiger partial charge in [-0.1, -0.05) is 4.48 Å². The lowest BCUT2D eigenvalue weighted by molar-refractivity contribution is 0.230. The molecule has 0 spiro atoms. The second-order valence-corrected chi connectivity index (χ2v) is 4.44. The summed E-state index contributed by atoms with van der Waals surface area (Å²) in [7, 11) is 0. The number of carbonyl (C=O) groups excluding carboxylic acids is 1. The number of carbonyl (C=O) groups is 1. The van der Waals surface area contributed by atoms with E-state index in [1.165, 1.54) is 0 Å². The topological polar surface area (TPSA) is 68.9 Å². The fraction of sp³-hybridized carbons (Fsp3) is 0.462. The normalized spacial score (nSPS) is 16.8. The van der Waals surface area contributed by atoms with Crippen LogP contribution in [0.3, 0.4) is 0 Å². The summed E-state index contributed by atoms with van der Waals surface area (Å²) in [5.74, 6) is 0. The summed E-state index contributed by atoms with van der Waals surface area (Å²) < 4.78 is 16.3. The van der Waals surface area contributed by atoms with Gasteiger partial charge in [-0.3, -0.25) is 0 Å². The fourth-order valence-corrected chi connectivity index (χ4v) is 1.83. The van der Waals surface area contributed by atoms with Crippen molar-refractivity contribution in [1.29, 1.82) is 0 Å². The highest BCUT2D eigenvalue weighted by molar-refractivity contribution is 5.88. The molecule has 2 aliphatic heterocycles. The van der Waals surface area contributed by atoms with Gasteiger partial charge in [-0.05, 0) is 24.3 Å². The van der Waals surface area contributed by atoms with Crippen LogP contribution in [0, 0.1) is 0 Å². The maximum atomic E-state index is 11.8. The van der Waals surface area contributed by atoms with Crippen LogP contribution in [0.25, 0.3) is 0 Å². The van der Waals surface area contributed by atoms with Crippen molar-refractivity contribution in [2.24, 2.45) is 0 Å². The number of halogens is 1. The van der Waals surface area contributed by atoms with Crippen LogP contribution in [-0.2, 0) is 4.74 Å². The number of anilines is 2. The third-order valence-corrected chi connectivity index (χ3v) is 2.90. The predicted octanol–water partition coefficient (Wildman–Crippen LogP) is 1.12. The number of benzene rings is 1. The van der Waals surface area contributed by atoms with Gasteiger partial charge in [-0.25, -0.2) is 4.79 Å². The van der Waals surface area contributed by atoms with Crippen LogP contribution >= 0.6 is 0 Å². The first-order valence-electron chi connectivity index (χ1n) is 6.60. The van der Waals surface area contributed by atoms with Crippen LogP contribution in [0.15, 0.2) is 24.3 Å². The minimum atomic E-state index is -0.861. The van der Waals surface area contributed by atoms with Crippen LogP contribution in [0.4, 0.5) is 20.7 Å². The molecular formula is C13H19FN4O2. The molecule has 0 atom stereocenters. The Bertz CT molecular complexity index is 416. The molecule has 2 heterocycles. The molecule has 110 valence electrons. The Kier molecular flexibility index (Phi) is 5.57. The molecule has 0 bridgehead atoms. The highest BCUT2D eigenvalue weighted by Crippen LogP contribution is 2.18. The molecule has 0 unspecified atom stereocenters.